The molecule has 164 valence electrons. The number of carbonyl (C=O) groups is 1. The lowest BCUT2D eigenvalue weighted by Crippen LogP contribution is -2.12. The minimum Gasteiger partial charge on any atom is -0.416 e. The number of hydrogen-bond acceptors (Lipinski definition) is 4. The van der Waals surface area contributed by atoms with Gasteiger partial charge in [-0.3, -0.25) is 0 Å². The van der Waals surface area contributed by atoms with Crippen molar-refractivity contribution in [3.63, 3.8) is 0 Å². The molecule has 0 fully saturated rings. The normalized spacial score (nSPS) is 12.7. The maximum atomic E-state index is 13.7. The number of benzene rings is 2. The number of thioether (sulfide) groups is 1. The maximum absolute atomic E-state index is 13.7. The molecule has 0 heterocycles. The quantitative estimate of drug-likeness (QED) is 0.198. The summed E-state index contributed by atoms with van der Waals surface area (Å²) < 4.78 is 46.2. The molecule has 0 unspecified atom stereocenters. The molecule has 0 aromatic heterocycles. The van der Waals surface area contributed by atoms with Gasteiger partial charge in [0.2, 0.25) is 0 Å². The SMILES string of the molecule is CCSC(=O)OC(=C(C#N)c1ccc(C(C)(C)C)cc1Cl)c1ccccc1C(F)(F)F. The highest BCUT2D eigenvalue weighted by atomic mass is 35.5. The van der Waals surface area contributed by atoms with E-state index in [-0.39, 0.29) is 21.6 Å². The van der Waals surface area contributed by atoms with Crippen LogP contribution in [0.1, 0.15) is 49.9 Å². The standard InChI is InChI=1S/C23H21ClF3NO2S/c1-5-31-21(29)30-20(16-8-6-7-9-18(16)23(25,26)27)17(13-28)15-11-10-14(12-19(15)24)22(2,3)4/h6-12H,5H2,1-4H3. The summed E-state index contributed by atoms with van der Waals surface area (Å²) >= 11 is 7.20. The van der Waals surface area contributed by atoms with E-state index in [1.54, 1.807) is 25.1 Å². The van der Waals surface area contributed by atoms with Gasteiger partial charge in [-0.1, -0.05) is 69.6 Å². The fourth-order valence-corrected chi connectivity index (χ4v) is 3.47. The Hall–Kier alpha value is -2.43. The molecule has 0 aliphatic rings. The monoisotopic (exact) mass is 467 g/mol. The zero-order valence-electron chi connectivity index (χ0n) is 17.4. The number of alkyl halides is 3. The van der Waals surface area contributed by atoms with Gasteiger partial charge in [0.25, 0.3) is 0 Å². The number of halogens is 4. The average Bonchev–Trinajstić information content (AvgIpc) is 2.67. The predicted octanol–water partition coefficient (Wildman–Crippen LogP) is 7.94. The van der Waals surface area contributed by atoms with Crippen LogP contribution in [0.3, 0.4) is 0 Å². The van der Waals surface area contributed by atoms with E-state index in [2.05, 4.69) is 0 Å². The Labute approximate surface area is 188 Å². The molecule has 0 amide bonds. The Morgan fingerprint density at radius 3 is 2.29 bits per heavy atom. The van der Waals surface area contributed by atoms with E-state index in [0.29, 0.717) is 5.75 Å². The number of carbonyl (C=O) groups excluding carboxylic acids is 1. The zero-order chi connectivity index (χ0) is 23.4. The summed E-state index contributed by atoms with van der Waals surface area (Å²) in [6.45, 7) is 7.64. The van der Waals surface area contributed by atoms with Crippen LogP contribution in [0.15, 0.2) is 42.5 Å². The van der Waals surface area contributed by atoms with Crippen molar-refractivity contribution in [1.29, 1.82) is 5.26 Å². The molecule has 0 N–H and O–H groups in total. The number of nitrogens with zero attached hydrogens (tertiary/aromatic N) is 1. The van der Waals surface area contributed by atoms with Gasteiger partial charge in [-0.05, 0) is 34.9 Å². The molecule has 2 aromatic carbocycles. The van der Waals surface area contributed by atoms with Crippen LogP contribution < -0.4 is 0 Å². The van der Waals surface area contributed by atoms with Crippen molar-refractivity contribution in [3.05, 3.63) is 69.7 Å². The second-order valence-electron chi connectivity index (χ2n) is 7.59. The lowest BCUT2D eigenvalue weighted by molar-refractivity contribution is -0.137. The molecule has 0 saturated heterocycles. The number of allylic oxidation sites excluding steroid dienone is 1. The molecule has 0 bridgehead atoms. The van der Waals surface area contributed by atoms with Crippen molar-refractivity contribution in [1.82, 2.24) is 0 Å². The van der Waals surface area contributed by atoms with Crippen LogP contribution >= 0.6 is 23.4 Å². The summed E-state index contributed by atoms with van der Waals surface area (Å²) in [6, 6.07) is 11.5. The van der Waals surface area contributed by atoms with Gasteiger partial charge in [0, 0.05) is 21.9 Å². The van der Waals surface area contributed by atoms with Crippen LogP contribution in [0.5, 0.6) is 0 Å². The predicted molar refractivity (Wildman–Crippen MR) is 119 cm³/mol. The van der Waals surface area contributed by atoms with E-state index in [1.165, 1.54) is 12.1 Å². The number of ether oxygens (including phenoxy) is 1. The van der Waals surface area contributed by atoms with Gasteiger partial charge in [-0.25, -0.2) is 4.79 Å². The first-order valence-corrected chi connectivity index (χ1v) is 10.7. The van der Waals surface area contributed by atoms with E-state index < -0.39 is 28.4 Å². The largest absolute Gasteiger partial charge is 0.417 e. The molecule has 0 saturated carbocycles. The van der Waals surface area contributed by atoms with Crippen LogP contribution in [0.4, 0.5) is 18.0 Å². The maximum Gasteiger partial charge on any atom is 0.417 e. The van der Waals surface area contributed by atoms with Crippen LogP contribution in [-0.2, 0) is 16.3 Å². The molecule has 3 nitrogen and oxygen atoms in total. The van der Waals surface area contributed by atoms with Crippen molar-refractivity contribution in [3.8, 4) is 6.07 Å². The molecule has 2 aromatic rings. The van der Waals surface area contributed by atoms with Crippen molar-refractivity contribution in [2.24, 2.45) is 0 Å². The third-order valence-electron chi connectivity index (χ3n) is 4.37. The minimum absolute atomic E-state index is 0.171. The molecular formula is C23H21ClF3NO2S. The number of hydrogen-bond donors (Lipinski definition) is 0. The van der Waals surface area contributed by atoms with Gasteiger partial charge in [0.15, 0.2) is 5.76 Å². The summed E-state index contributed by atoms with van der Waals surface area (Å²) in [5.74, 6) is -0.123. The van der Waals surface area contributed by atoms with Gasteiger partial charge in [0.1, 0.15) is 11.6 Å². The summed E-state index contributed by atoms with van der Waals surface area (Å²) in [6.07, 6.45) is -4.72. The van der Waals surface area contributed by atoms with E-state index in [4.69, 9.17) is 16.3 Å². The highest BCUT2D eigenvalue weighted by Crippen LogP contribution is 2.40. The molecule has 2 rings (SSSR count). The number of rotatable bonds is 4. The van der Waals surface area contributed by atoms with Crippen LogP contribution in [0, 0.1) is 11.3 Å². The highest BCUT2D eigenvalue weighted by Gasteiger charge is 2.36. The summed E-state index contributed by atoms with van der Waals surface area (Å²) in [7, 11) is 0. The Kier molecular flexibility index (Phi) is 7.85. The Morgan fingerprint density at radius 2 is 1.77 bits per heavy atom. The van der Waals surface area contributed by atoms with Gasteiger partial charge in [-0.15, -0.1) is 0 Å². The molecule has 0 spiro atoms. The van der Waals surface area contributed by atoms with Gasteiger partial charge >= 0.3 is 11.5 Å². The third kappa shape index (κ3) is 6.05. The van der Waals surface area contributed by atoms with Crippen LogP contribution in [0.2, 0.25) is 5.02 Å². The molecule has 0 atom stereocenters. The van der Waals surface area contributed by atoms with E-state index in [9.17, 15) is 23.2 Å². The Balaban J connectivity index is 2.81. The highest BCUT2D eigenvalue weighted by molar-refractivity contribution is 8.13. The van der Waals surface area contributed by atoms with E-state index in [0.717, 1.165) is 29.5 Å². The van der Waals surface area contributed by atoms with Gasteiger partial charge in [-0.2, -0.15) is 18.4 Å². The van der Waals surface area contributed by atoms with E-state index >= 15 is 0 Å². The summed E-state index contributed by atoms with van der Waals surface area (Å²) in [5.41, 5.74) is -0.851. The topological polar surface area (TPSA) is 50.1 Å². The number of nitriles is 1. The molecule has 8 heteroatoms. The van der Waals surface area contributed by atoms with Crippen LogP contribution in [-0.4, -0.2) is 11.1 Å². The van der Waals surface area contributed by atoms with Crippen molar-refractivity contribution in [2.45, 2.75) is 39.3 Å². The lowest BCUT2D eigenvalue weighted by atomic mass is 9.86. The minimum atomic E-state index is -4.72. The summed E-state index contributed by atoms with van der Waals surface area (Å²) in [4.78, 5) is 12.2. The molecule has 0 aliphatic carbocycles. The fourth-order valence-electron chi connectivity index (χ4n) is 2.82. The zero-order valence-corrected chi connectivity index (χ0v) is 19.0. The second-order valence-corrected chi connectivity index (χ2v) is 9.20. The Bertz CT molecular complexity index is 1050. The van der Waals surface area contributed by atoms with Crippen LogP contribution in [0.25, 0.3) is 11.3 Å². The lowest BCUT2D eigenvalue weighted by Gasteiger charge is -2.21. The molecular weight excluding hydrogens is 447 g/mol. The van der Waals surface area contributed by atoms with Gasteiger partial charge in [0.05, 0.1) is 5.56 Å². The smallest absolute Gasteiger partial charge is 0.416 e. The fraction of sp³-hybridized carbons (Fsp3) is 0.304. The van der Waals surface area contributed by atoms with Crippen molar-refractivity contribution in [2.75, 3.05) is 5.75 Å². The first-order chi connectivity index (χ1) is 14.4. The molecule has 0 radical (unpaired) electrons. The molecule has 0 aliphatic heterocycles. The first-order valence-electron chi connectivity index (χ1n) is 9.36. The average molecular weight is 468 g/mol. The summed E-state index contributed by atoms with van der Waals surface area (Å²) in [5, 5.41) is 9.21. The van der Waals surface area contributed by atoms with Crippen molar-refractivity contribution < 1.29 is 22.7 Å². The van der Waals surface area contributed by atoms with E-state index in [1.807, 2.05) is 26.8 Å². The van der Waals surface area contributed by atoms with Gasteiger partial charge < -0.3 is 4.74 Å². The second kappa shape index (κ2) is 9.80. The molecule has 31 heavy (non-hydrogen) atoms. The third-order valence-corrected chi connectivity index (χ3v) is 5.29. The Morgan fingerprint density at radius 1 is 1.13 bits per heavy atom. The van der Waals surface area contributed by atoms with Crippen molar-refractivity contribution >= 4 is 40.0 Å². The first kappa shape index (κ1) is 24.8.